The molecule has 2 aromatic heterocycles. The van der Waals surface area contributed by atoms with Crippen molar-refractivity contribution in [2.75, 3.05) is 0 Å². The van der Waals surface area contributed by atoms with Gasteiger partial charge in [-0.3, -0.25) is 4.79 Å². The molecule has 0 aliphatic heterocycles. The molecule has 0 aliphatic carbocycles. The minimum atomic E-state index is -0.0154. The molecule has 1 N–H and O–H groups in total. The van der Waals surface area contributed by atoms with Gasteiger partial charge in [0.15, 0.2) is 0 Å². The van der Waals surface area contributed by atoms with Gasteiger partial charge in [-0.2, -0.15) is 0 Å². The molecule has 0 spiro atoms. The lowest BCUT2D eigenvalue weighted by molar-refractivity contribution is -0.121. The first-order chi connectivity index (χ1) is 14.1. The topological polar surface area (TPSA) is 46.9 Å². The van der Waals surface area contributed by atoms with E-state index in [0.717, 1.165) is 27.5 Å². The van der Waals surface area contributed by atoms with Crippen molar-refractivity contribution in [2.45, 2.75) is 26.9 Å². The van der Waals surface area contributed by atoms with E-state index in [1.165, 1.54) is 11.1 Å². The van der Waals surface area contributed by atoms with E-state index < -0.39 is 0 Å². The zero-order valence-electron chi connectivity index (χ0n) is 16.6. The summed E-state index contributed by atoms with van der Waals surface area (Å²) in [7, 11) is 0. The molecule has 5 heteroatoms. The van der Waals surface area contributed by atoms with Crippen LogP contribution in [0.3, 0.4) is 0 Å². The molecule has 0 atom stereocenters. The largest absolute Gasteiger partial charge is 0.350 e. The zero-order chi connectivity index (χ0) is 20.2. The minimum Gasteiger partial charge on any atom is -0.350 e. The highest BCUT2D eigenvalue weighted by molar-refractivity contribution is 7.13. The summed E-state index contributed by atoms with van der Waals surface area (Å²) in [6.45, 7) is 4.93. The van der Waals surface area contributed by atoms with Crippen LogP contribution in [0.15, 0.2) is 72.2 Å². The van der Waals surface area contributed by atoms with Crippen LogP contribution in [0.25, 0.3) is 22.0 Å². The molecular formula is C24H23N3OS. The standard InChI is InChI=1S/C24H23N3OS/c1-17-5-9-19(10-6-17)14-25-23(28)15-27-13-3-4-22(27)24-26-21(16-29-24)20-11-7-18(2)8-12-20/h3-13,16H,14-15H2,1-2H3,(H,25,28). The van der Waals surface area contributed by atoms with Crippen molar-refractivity contribution >= 4 is 17.2 Å². The van der Waals surface area contributed by atoms with E-state index in [2.05, 4.69) is 60.9 Å². The summed E-state index contributed by atoms with van der Waals surface area (Å²) in [5.74, 6) is -0.0154. The summed E-state index contributed by atoms with van der Waals surface area (Å²) < 4.78 is 1.95. The summed E-state index contributed by atoms with van der Waals surface area (Å²) >= 11 is 1.60. The van der Waals surface area contributed by atoms with Crippen LogP contribution in [-0.2, 0) is 17.9 Å². The van der Waals surface area contributed by atoms with Crippen LogP contribution < -0.4 is 5.32 Å². The van der Waals surface area contributed by atoms with Crippen LogP contribution in [0.4, 0.5) is 0 Å². The number of hydrogen-bond donors (Lipinski definition) is 1. The van der Waals surface area contributed by atoms with Gasteiger partial charge in [-0.1, -0.05) is 59.7 Å². The molecule has 1 amide bonds. The Hall–Kier alpha value is -3.18. The molecule has 2 aromatic carbocycles. The van der Waals surface area contributed by atoms with E-state index in [9.17, 15) is 4.79 Å². The number of nitrogens with zero attached hydrogens (tertiary/aromatic N) is 2. The summed E-state index contributed by atoms with van der Waals surface area (Å²) in [5.41, 5.74) is 6.56. The van der Waals surface area contributed by atoms with Gasteiger partial charge in [0.25, 0.3) is 0 Å². The molecule has 0 unspecified atom stereocenters. The zero-order valence-corrected chi connectivity index (χ0v) is 17.4. The van der Waals surface area contributed by atoms with Crippen molar-refractivity contribution in [3.63, 3.8) is 0 Å². The Morgan fingerprint density at radius 2 is 1.69 bits per heavy atom. The van der Waals surface area contributed by atoms with Crippen molar-refractivity contribution in [2.24, 2.45) is 0 Å². The molecular weight excluding hydrogens is 378 g/mol. The molecule has 0 saturated carbocycles. The van der Waals surface area contributed by atoms with Gasteiger partial charge in [-0.15, -0.1) is 11.3 Å². The number of aromatic nitrogens is 2. The Kier molecular flexibility index (Phi) is 5.58. The summed E-state index contributed by atoms with van der Waals surface area (Å²) in [5, 5.41) is 5.97. The molecule has 0 fully saturated rings. The van der Waals surface area contributed by atoms with Gasteiger partial charge >= 0.3 is 0 Å². The Labute approximate surface area is 174 Å². The SMILES string of the molecule is Cc1ccc(CNC(=O)Cn2cccc2-c2nc(-c3ccc(C)cc3)cs2)cc1. The second kappa shape index (κ2) is 8.45. The summed E-state index contributed by atoms with van der Waals surface area (Å²) in [6, 6.07) is 20.5. The van der Waals surface area contributed by atoms with E-state index in [1.54, 1.807) is 11.3 Å². The number of nitrogens with one attached hydrogen (secondary N) is 1. The van der Waals surface area contributed by atoms with E-state index in [1.807, 2.05) is 35.0 Å². The lowest BCUT2D eigenvalue weighted by atomic mass is 10.1. The lowest BCUT2D eigenvalue weighted by Crippen LogP contribution is -2.27. The molecule has 4 nitrogen and oxygen atoms in total. The third-order valence-corrected chi connectivity index (χ3v) is 5.69. The van der Waals surface area contributed by atoms with Crippen LogP contribution in [0.2, 0.25) is 0 Å². The van der Waals surface area contributed by atoms with Crippen molar-refractivity contribution in [1.82, 2.24) is 14.9 Å². The summed E-state index contributed by atoms with van der Waals surface area (Å²) in [6.07, 6.45) is 1.92. The number of thiazole rings is 1. The van der Waals surface area contributed by atoms with Gasteiger partial charge in [-0.25, -0.2) is 4.98 Å². The second-order valence-corrected chi connectivity index (χ2v) is 8.05. The fourth-order valence-corrected chi connectivity index (χ4v) is 3.98. The van der Waals surface area contributed by atoms with Crippen LogP contribution in [-0.4, -0.2) is 15.5 Å². The number of aryl methyl sites for hydroxylation is 2. The van der Waals surface area contributed by atoms with Gasteiger partial charge in [0.05, 0.1) is 11.4 Å². The minimum absolute atomic E-state index is 0.0154. The maximum absolute atomic E-state index is 12.4. The molecule has 4 aromatic rings. The molecule has 2 heterocycles. The first kappa shape index (κ1) is 19.2. The number of amides is 1. The number of carbonyl (C=O) groups is 1. The van der Waals surface area contributed by atoms with E-state index in [-0.39, 0.29) is 12.5 Å². The van der Waals surface area contributed by atoms with Crippen LogP contribution >= 0.6 is 11.3 Å². The van der Waals surface area contributed by atoms with Crippen LogP contribution in [0.5, 0.6) is 0 Å². The predicted molar refractivity (Wildman–Crippen MR) is 119 cm³/mol. The maximum atomic E-state index is 12.4. The number of carbonyl (C=O) groups excluding carboxylic acids is 1. The average Bonchev–Trinajstić information content (AvgIpc) is 3.37. The van der Waals surface area contributed by atoms with Gasteiger partial charge < -0.3 is 9.88 Å². The first-order valence-corrected chi connectivity index (χ1v) is 10.5. The maximum Gasteiger partial charge on any atom is 0.240 e. The smallest absolute Gasteiger partial charge is 0.240 e. The highest BCUT2D eigenvalue weighted by atomic mass is 32.1. The Bertz CT molecular complexity index is 1110. The first-order valence-electron chi connectivity index (χ1n) is 9.59. The van der Waals surface area contributed by atoms with E-state index in [0.29, 0.717) is 6.54 Å². The second-order valence-electron chi connectivity index (χ2n) is 7.19. The van der Waals surface area contributed by atoms with Crippen molar-refractivity contribution in [1.29, 1.82) is 0 Å². The fourth-order valence-electron chi connectivity index (χ4n) is 3.11. The highest BCUT2D eigenvalue weighted by Crippen LogP contribution is 2.29. The van der Waals surface area contributed by atoms with Gasteiger partial charge in [-0.05, 0) is 31.5 Å². The number of benzene rings is 2. The molecule has 4 rings (SSSR count). The Morgan fingerprint density at radius 1 is 1.00 bits per heavy atom. The van der Waals surface area contributed by atoms with E-state index in [4.69, 9.17) is 4.98 Å². The summed E-state index contributed by atoms with van der Waals surface area (Å²) in [4.78, 5) is 17.2. The van der Waals surface area contributed by atoms with Crippen LogP contribution in [0.1, 0.15) is 16.7 Å². The van der Waals surface area contributed by atoms with Crippen LogP contribution in [0, 0.1) is 13.8 Å². The third-order valence-electron chi connectivity index (χ3n) is 4.82. The number of hydrogen-bond acceptors (Lipinski definition) is 3. The van der Waals surface area contributed by atoms with Crippen molar-refractivity contribution in [3.05, 3.63) is 88.9 Å². The monoisotopic (exact) mass is 401 g/mol. The van der Waals surface area contributed by atoms with Gasteiger partial charge in [0.2, 0.25) is 5.91 Å². The molecule has 0 aliphatic rings. The molecule has 0 saturated heterocycles. The Balaban J connectivity index is 1.44. The normalized spacial score (nSPS) is 10.8. The van der Waals surface area contributed by atoms with Gasteiger partial charge in [0, 0.05) is 23.7 Å². The lowest BCUT2D eigenvalue weighted by Gasteiger charge is -2.09. The van der Waals surface area contributed by atoms with Gasteiger partial charge in [0.1, 0.15) is 11.6 Å². The average molecular weight is 402 g/mol. The van der Waals surface area contributed by atoms with Crippen molar-refractivity contribution in [3.8, 4) is 22.0 Å². The quantitative estimate of drug-likeness (QED) is 0.482. The van der Waals surface area contributed by atoms with Crippen molar-refractivity contribution < 1.29 is 4.79 Å². The molecule has 29 heavy (non-hydrogen) atoms. The third kappa shape index (κ3) is 4.63. The molecule has 0 bridgehead atoms. The molecule has 146 valence electrons. The Morgan fingerprint density at radius 3 is 2.41 bits per heavy atom. The highest BCUT2D eigenvalue weighted by Gasteiger charge is 2.12. The number of rotatable bonds is 6. The fraction of sp³-hybridized carbons (Fsp3) is 0.167. The predicted octanol–water partition coefficient (Wildman–Crippen LogP) is 5.21. The van der Waals surface area contributed by atoms with E-state index >= 15 is 0 Å². The molecule has 0 radical (unpaired) electrons.